The number of carbonyl (C=O) groups is 1. The number of aromatic nitrogens is 6. The molecule has 3 rings (SSSR count). The molecule has 0 spiro atoms. The first-order chi connectivity index (χ1) is 12.5. The lowest BCUT2D eigenvalue weighted by Gasteiger charge is -2.14. The van der Waals surface area contributed by atoms with Crippen LogP contribution in [0.4, 0.5) is 5.82 Å². The predicted molar refractivity (Wildman–Crippen MR) is 97.4 cm³/mol. The molecular formula is C16H19N7O2S. The third-order valence-corrected chi connectivity index (χ3v) is 4.63. The van der Waals surface area contributed by atoms with Crippen molar-refractivity contribution in [2.75, 3.05) is 5.32 Å². The Labute approximate surface area is 154 Å². The van der Waals surface area contributed by atoms with E-state index in [2.05, 4.69) is 25.9 Å². The molecule has 0 aliphatic rings. The van der Waals surface area contributed by atoms with Crippen LogP contribution in [0.1, 0.15) is 26.8 Å². The molecule has 0 bridgehead atoms. The molecule has 0 aliphatic carbocycles. The number of anilines is 1. The molecule has 10 heteroatoms. The number of phenolic OH excluding ortho intramolecular Hbond substituents is 1. The van der Waals surface area contributed by atoms with Crippen LogP contribution in [0.25, 0.3) is 5.69 Å². The molecule has 136 valence electrons. The summed E-state index contributed by atoms with van der Waals surface area (Å²) in [6.07, 6.45) is 1.65. The molecule has 0 aliphatic heterocycles. The van der Waals surface area contributed by atoms with Crippen molar-refractivity contribution in [1.29, 1.82) is 0 Å². The van der Waals surface area contributed by atoms with E-state index in [9.17, 15) is 9.90 Å². The Bertz CT molecular complexity index is 888. The summed E-state index contributed by atoms with van der Waals surface area (Å²) in [5, 5.41) is 28.2. The molecule has 1 amide bonds. The molecule has 26 heavy (non-hydrogen) atoms. The number of benzene rings is 1. The Morgan fingerprint density at radius 3 is 2.62 bits per heavy atom. The SMILES string of the molecule is CC(C)n1nccc1NC(=O)[C@@H](C)Sc1nnnn1-c1ccc(O)cc1. The number of rotatable bonds is 6. The number of amides is 1. The van der Waals surface area contributed by atoms with Crippen LogP contribution in [-0.2, 0) is 4.79 Å². The second-order valence-corrected chi connectivity index (χ2v) is 7.20. The Hall–Kier alpha value is -2.88. The van der Waals surface area contributed by atoms with E-state index < -0.39 is 5.25 Å². The summed E-state index contributed by atoms with van der Waals surface area (Å²) in [6, 6.07) is 8.40. The van der Waals surface area contributed by atoms with Crippen molar-refractivity contribution in [2.45, 2.75) is 37.2 Å². The van der Waals surface area contributed by atoms with Crippen LogP contribution < -0.4 is 5.32 Å². The Balaban J connectivity index is 1.71. The molecule has 0 radical (unpaired) electrons. The lowest BCUT2D eigenvalue weighted by atomic mass is 10.3. The number of hydrogen-bond acceptors (Lipinski definition) is 7. The third-order valence-electron chi connectivity index (χ3n) is 3.60. The van der Waals surface area contributed by atoms with Crippen molar-refractivity contribution in [3.63, 3.8) is 0 Å². The van der Waals surface area contributed by atoms with Gasteiger partial charge < -0.3 is 10.4 Å². The molecule has 2 heterocycles. The number of carbonyl (C=O) groups excluding carboxylic acids is 1. The van der Waals surface area contributed by atoms with E-state index in [0.29, 0.717) is 16.7 Å². The maximum Gasteiger partial charge on any atom is 0.238 e. The van der Waals surface area contributed by atoms with Gasteiger partial charge in [0, 0.05) is 12.1 Å². The molecular weight excluding hydrogens is 354 g/mol. The van der Waals surface area contributed by atoms with Gasteiger partial charge >= 0.3 is 0 Å². The molecule has 1 atom stereocenters. The molecule has 0 saturated carbocycles. The zero-order chi connectivity index (χ0) is 18.7. The van der Waals surface area contributed by atoms with Crippen LogP contribution in [0.5, 0.6) is 5.75 Å². The fourth-order valence-corrected chi connectivity index (χ4v) is 3.08. The minimum absolute atomic E-state index is 0.144. The van der Waals surface area contributed by atoms with Gasteiger partial charge in [0.1, 0.15) is 11.6 Å². The second-order valence-electron chi connectivity index (χ2n) is 5.89. The van der Waals surface area contributed by atoms with Gasteiger partial charge in [-0.3, -0.25) is 4.79 Å². The molecule has 0 fully saturated rings. The third kappa shape index (κ3) is 3.85. The van der Waals surface area contributed by atoms with Crippen LogP contribution in [0.3, 0.4) is 0 Å². The molecule has 9 nitrogen and oxygen atoms in total. The highest BCUT2D eigenvalue weighted by Gasteiger charge is 2.20. The quantitative estimate of drug-likeness (QED) is 0.638. The van der Waals surface area contributed by atoms with Crippen molar-refractivity contribution >= 4 is 23.5 Å². The summed E-state index contributed by atoms with van der Waals surface area (Å²) in [7, 11) is 0. The van der Waals surface area contributed by atoms with Gasteiger partial charge in [-0.15, -0.1) is 5.10 Å². The number of nitrogens with zero attached hydrogens (tertiary/aromatic N) is 6. The van der Waals surface area contributed by atoms with Gasteiger partial charge in [0.25, 0.3) is 0 Å². The van der Waals surface area contributed by atoms with E-state index in [1.54, 1.807) is 48.1 Å². The van der Waals surface area contributed by atoms with Crippen LogP contribution in [0, 0.1) is 0 Å². The highest BCUT2D eigenvalue weighted by atomic mass is 32.2. The standard InChI is InChI=1S/C16H19N7O2S/c1-10(2)22-14(8-9-17-22)18-15(25)11(3)26-16-19-20-21-23(16)12-4-6-13(24)7-5-12/h4-11,24H,1-3H3,(H,18,25)/t11-/m1/s1. The van der Waals surface area contributed by atoms with Crippen molar-refractivity contribution < 1.29 is 9.90 Å². The number of nitrogens with one attached hydrogen (secondary N) is 1. The number of aromatic hydroxyl groups is 1. The summed E-state index contributed by atoms with van der Waals surface area (Å²) in [6.45, 7) is 5.77. The summed E-state index contributed by atoms with van der Waals surface area (Å²) in [5.74, 6) is 0.638. The molecule has 2 aromatic heterocycles. The Morgan fingerprint density at radius 1 is 1.19 bits per heavy atom. The van der Waals surface area contributed by atoms with Crippen LogP contribution in [0.15, 0.2) is 41.7 Å². The lowest BCUT2D eigenvalue weighted by Crippen LogP contribution is -2.25. The molecule has 3 aromatic rings. The van der Waals surface area contributed by atoms with Crippen molar-refractivity contribution in [1.82, 2.24) is 30.0 Å². The number of tetrazole rings is 1. The van der Waals surface area contributed by atoms with E-state index in [4.69, 9.17) is 0 Å². The largest absolute Gasteiger partial charge is 0.508 e. The highest BCUT2D eigenvalue weighted by molar-refractivity contribution is 8.00. The minimum atomic E-state index is -0.424. The maximum atomic E-state index is 12.5. The average Bonchev–Trinajstić information content (AvgIpc) is 3.25. The fourth-order valence-electron chi connectivity index (χ4n) is 2.27. The smallest absolute Gasteiger partial charge is 0.238 e. The first kappa shape index (κ1) is 17.9. The fraction of sp³-hybridized carbons (Fsp3) is 0.312. The van der Waals surface area contributed by atoms with E-state index in [1.807, 2.05) is 13.8 Å². The van der Waals surface area contributed by atoms with E-state index in [-0.39, 0.29) is 17.7 Å². The number of phenols is 1. The van der Waals surface area contributed by atoms with E-state index in [1.165, 1.54) is 16.4 Å². The predicted octanol–water partition coefficient (Wildman–Crippen LogP) is 2.26. The van der Waals surface area contributed by atoms with Gasteiger partial charge in [-0.1, -0.05) is 11.8 Å². The van der Waals surface area contributed by atoms with Gasteiger partial charge in [-0.05, 0) is 55.5 Å². The number of hydrogen-bond donors (Lipinski definition) is 2. The lowest BCUT2D eigenvalue weighted by molar-refractivity contribution is -0.115. The zero-order valence-electron chi connectivity index (χ0n) is 14.6. The first-order valence-electron chi connectivity index (χ1n) is 8.04. The van der Waals surface area contributed by atoms with Crippen LogP contribution >= 0.6 is 11.8 Å². The first-order valence-corrected chi connectivity index (χ1v) is 8.92. The molecule has 0 saturated heterocycles. The van der Waals surface area contributed by atoms with Crippen molar-refractivity contribution in [3.05, 3.63) is 36.5 Å². The summed E-state index contributed by atoms with van der Waals surface area (Å²) < 4.78 is 3.27. The topological polar surface area (TPSA) is 111 Å². The monoisotopic (exact) mass is 373 g/mol. The molecule has 0 unspecified atom stereocenters. The van der Waals surface area contributed by atoms with Gasteiger partial charge in [-0.25, -0.2) is 4.68 Å². The maximum absolute atomic E-state index is 12.5. The van der Waals surface area contributed by atoms with E-state index in [0.717, 1.165) is 0 Å². The van der Waals surface area contributed by atoms with Gasteiger partial charge in [0.15, 0.2) is 0 Å². The Morgan fingerprint density at radius 2 is 1.92 bits per heavy atom. The second kappa shape index (κ2) is 7.56. The molecule has 2 N–H and O–H groups in total. The average molecular weight is 373 g/mol. The zero-order valence-corrected chi connectivity index (χ0v) is 15.4. The minimum Gasteiger partial charge on any atom is -0.508 e. The van der Waals surface area contributed by atoms with Crippen LogP contribution in [-0.4, -0.2) is 46.3 Å². The van der Waals surface area contributed by atoms with Crippen molar-refractivity contribution in [3.8, 4) is 11.4 Å². The molecule has 1 aromatic carbocycles. The van der Waals surface area contributed by atoms with E-state index >= 15 is 0 Å². The summed E-state index contributed by atoms with van der Waals surface area (Å²) >= 11 is 1.24. The van der Waals surface area contributed by atoms with Crippen molar-refractivity contribution in [2.24, 2.45) is 0 Å². The normalized spacial score (nSPS) is 12.3. The highest BCUT2D eigenvalue weighted by Crippen LogP contribution is 2.25. The van der Waals surface area contributed by atoms with Gasteiger partial charge in [0.05, 0.1) is 17.1 Å². The van der Waals surface area contributed by atoms with Crippen LogP contribution in [0.2, 0.25) is 0 Å². The Kier molecular flexibility index (Phi) is 5.21. The van der Waals surface area contributed by atoms with Gasteiger partial charge in [0.2, 0.25) is 11.1 Å². The summed E-state index contributed by atoms with van der Waals surface area (Å²) in [4.78, 5) is 12.5. The number of thioether (sulfide) groups is 1. The van der Waals surface area contributed by atoms with Gasteiger partial charge in [-0.2, -0.15) is 9.78 Å². The summed E-state index contributed by atoms with van der Waals surface area (Å²) in [5.41, 5.74) is 0.695.